The molecule has 3 heteroatoms. The van der Waals surface area contributed by atoms with Gasteiger partial charge < -0.3 is 5.32 Å². The van der Waals surface area contributed by atoms with Gasteiger partial charge in [-0.05, 0) is 24.7 Å². The van der Waals surface area contributed by atoms with E-state index in [0.29, 0.717) is 11.8 Å². The molecule has 0 fully saturated rings. The van der Waals surface area contributed by atoms with E-state index in [9.17, 15) is 0 Å². The molecule has 0 spiro atoms. The number of aromatic nitrogens is 2. The van der Waals surface area contributed by atoms with Crippen molar-refractivity contribution in [2.45, 2.75) is 53.9 Å². The largest absolute Gasteiger partial charge is 0.370 e. The molecule has 0 amide bonds. The summed E-state index contributed by atoms with van der Waals surface area (Å²) in [5.41, 5.74) is 1.16. The predicted molar refractivity (Wildman–Crippen MR) is 77.9 cm³/mol. The van der Waals surface area contributed by atoms with E-state index >= 15 is 0 Å². The van der Waals surface area contributed by atoms with Crippen molar-refractivity contribution in [2.24, 2.45) is 11.8 Å². The first-order valence-electron chi connectivity index (χ1n) is 7.12. The third kappa shape index (κ3) is 5.48. The Morgan fingerprint density at radius 1 is 1.06 bits per heavy atom. The number of nitrogens with zero attached hydrogens (tertiary/aromatic N) is 2. The van der Waals surface area contributed by atoms with Gasteiger partial charge in [0.05, 0.1) is 0 Å². The fourth-order valence-electron chi connectivity index (χ4n) is 1.88. The average Bonchev–Trinajstić information content (AvgIpc) is 2.24. The van der Waals surface area contributed by atoms with Crippen LogP contribution in [0.15, 0.2) is 6.07 Å². The maximum atomic E-state index is 4.67. The maximum absolute atomic E-state index is 4.67. The predicted octanol–water partition coefficient (Wildman–Crippen LogP) is 3.70. The normalized spacial score (nSPS) is 11.3. The summed E-state index contributed by atoms with van der Waals surface area (Å²) in [6, 6.07) is 2.10. The molecule has 0 aliphatic heterocycles. The smallest absolute Gasteiger partial charge is 0.131 e. The molecule has 1 heterocycles. The summed E-state index contributed by atoms with van der Waals surface area (Å²) < 4.78 is 0. The molecule has 0 unspecified atom stereocenters. The monoisotopic (exact) mass is 249 g/mol. The van der Waals surface area contributed by atoms with E-state index in [1.165, 1.54) is 0 Å². The molecular formula is C15H27N3. The second-order valence-electron chi connectivity index (χ2n) is 5.78. The zero-order valence-electron chi connectivity index (χ0n) is 12.5. The van der Waals surface area contributed by atoms with Crippen molar-refractivity contribution in [3.63, 3.8) is 0 Å². The molecule has 0 saturated heterocycles. The van der Waals surface area contributed by atoms with Gasteiger partial charge in [-0.1, -0.05) is 34.6 Å². The van der Waals surface area contributed by atoms with Crippen molar-refractivity contribution in [1.82, 2.24) is 9.97 Å². The van der Waals surface area contributed by atoms with Crippen molar-refractivity contribution in [3.05, 3.63) is 17.6 Å². The van der Waals surface area contributed by atoms with Gasteiger partial charge in [0.25, 0.3) is 0 Å². The summed E-state index contributed by atoms with van der Waals surface area (Å²) >= 11 is 0. The summed E-state index contributed by atoms with van der Waals surface area (Å²) in [7, 11) is 0. The highest BCUT2D eigenvalue weighted by molar-refractivity contribution is 5.36. The Morgan fingerprint density at radius 3 is 2.28 bits per heavy atom. The Labute approximate surface area is 111 Å². The van der Waals surface area contributed by atoms with Crippen LogP contribution >= 0.6 is 0 Å². The lowest BCUT2D eigenvalue weighted by molar-refractivity contribution is 0.601. The standard InChI is InChI=1S/C15H27N3/c1-6-7-16-14-10-13(8-11(2)3)17-15(18-14)9-12(4)5/h10-12H,6-9H2,1-5H3,(H,16,17,18). The van der Waals surface area contributed by atoms with Crippen LogP contribution in [-0.2, 0) is 12.8 Å². The van der Waals surface area contributed by atoms with Crippen molar-refractivity contribution in [2.75, 3.05) is 11.9 Å². The third-order valence-electron chi connectivity index (χ3n) is 2.59. The van der Waals surface area contributed by atoms with E-state index in [1.807, 2.05) is 0 Å². The molecule has 1 aromatic rings. The van der Waals surface area contributed by atoms with Gasteiger partial charge in [-0.25, -0.2) is 9.97 Å². The molecule has 0 radical (unpaired) electrons. The van der Waals surface area contributed by atoms with Crippen LogP contribution in [0.5, 0.6) is 0 Å². The molecule has 18 heavy (non-hydrogen) atoms. The molecule has 0 aliphatic rings. The molecule has 1 aromatic heterocycles. The molecule has 0 bridgehead atoms. The number of nitrogens with one attached hydrogen (secondary N) is 1. The molecule has 1 rings (SSSR count). The molecule has 3 nitrogen and oxygen atoms in total. The number of hydrogen-bond donors (Lipinski definition) is 1. The Morgan fingerprint density at radius 2 is 1.72 bits per heavy atom. The van der Waals surface area contributed by atoms with E-state index in [0.717, 1.165) is 43.1 Å². The Balaban J connectivity index is 2.88. The summed E-state index contributed by atoms with van der Waals surface area (Å²) in [6.45, 7) is 12.0. The van der Waals surface area contributed by atoms with Gasteiger partial charge in [0, 0.05) is 24.7 Å². The Kier molecular flexibility index (Phi) is 6.10. The van der Waals surface area contributed by atoms with Crippen LogP contribution in [-0.4, -0.2) is 16.5 Å². The van der Waals surface area contributed by atoms with Crippen LogP contribution in [0.3, 0.4) is 0 Å². The van der Waals surface area contributed by atoms with Crippen LogP contribution < -0.4 is 5.32 Å². The molecule has 0 aliphatic carbocycles. The zero-order valence-corrected chi connectivity index (χ0v) is 12.5. The summed E-state index contributed by atoms with van der Waals surface area (Å²) in [5.74, 6) is 3.18. The molecule has 0 atom stereocenters. The molecular weight excluding hydrogens is 222 g/mol. The first kappa shape index (κ1) is 14.9. The SMILES string of the molecule is CCCNc1cc(CC(C)C)nc(CC(C)C)n1. The van der Waals surface area contributed by atoms with Crippen LogP contribution in [0.2, 0.25) is 0 Å². The Hall–Kier alpha value is -1.12. The number of anilines is 1. The summed E-state index contributed by atoms with van der Waals surface area (Å²) in [4.78, 5) is 9.27. The van der Waals surface area contributed by atoms with E-state index in [-0.39, 0.29) is 0 Å². The van der Waals surface area contributed by atoms with E-state index < -0.39 is 0 Å². The molecule has 0 saturated carbocycles. The second-order valence-corrected chi connectivity index (χ2v) is 5.78. The fourth-order valence-corrected chi connectivity index (χ4v) is 1.88. The lowest BCUT2D eigenvalue weighted by Gasteiger charge is -2.12. The highest BCUT2D eigenvalue weighted by Gasteiger charge is 2.08. The van der Waals surface area contributed by atoms with E-state index in [1.54, 1.807) is 0 Å². The topological polar surface area (TPSA) is 37.8 Å². The van der Waals surface area contributed by atoms with Gasteiger partial charge in [0.1, 0.15) is 11.6 Å². The lowest BCUT2D eigenvalue weighted by atomic mass is 10.1. The van der Waals surface area contributed by atoms with Crippen molar-refractivity contribution in [3.8, 4) is 0 Å². The highest BCUT2D eigenvalue weighted by atomic mass is 15.0. The first-order valence-corrected chi connectivity index (χ1v) is 7.12. The van der Waals surface area contributed by atoms with Crippen LogP contribution in [0.1, 0.15) is 52.6 Å². The van der Waals surface area contributed by atoms with Gasteiger partial charge in [-0.2, -0.15) is 0 Å². The first-order chi connectivity index (χ1) is 8.51. The maximum Gasteiger partial charge on any atom is 0.131 e. The number of hydrogen-bond acceptors (Lipinski definition) is 3. The van der Waals surface area contributed by atoms with Crippen LogP contribution in [0.4, 0.5) is 5.82 Å². The quantitative estimate of drug-likeness (QED) is 0.800. The minimum atomic E-state index is 0.596. The van der Waals surface area contributed by atoms with Gasteiger partial charge in [0.2, 0.25) is 0 Å². The summed E-state index contributed by atoms with van der Waals surface area (Å²) in [6.07, 6.45) is 3.09. The lowest BCUT2D eigenvalue weighted by Crippen LogP contribution is -2.10. The highest BCUT2D eigenvalue weighted by Crippen LogP contribution is 2.13. The van der Waals surface area contributed by atoms with Crippen LogP contribution in [0.25, 0.3) is 0 Å². The van der Waals surface area contributed by atoms with E-state index in [2.05, 4.69) is 56.0 Å². The third-order valence-corrected chi connectivity index (χ3v) is 2.59. The zero-order chi connectivity index (χ0) is 13.5. The van der Waals surface area contributed by atoms with Crippen molar-refractivity contribution in [1.29, 1.82) is 0 Å². The minimum absolute atomic E-state index is 0.596. The fraction of sp³-hybridized carbons (Fsp3) is 0.733. The van der Waals surface area contributed by atoms with E-state index in [4.69, 9.17) is 0 Å². The van der Waals surface area contributed by atoms with Gasteiger partial charge >= 0.3 is 0 Å². The molecule has 1 N–H and O–H groups in total. The Bertz CT molecular complexity index is 331. The van der Waals surface area contributed by atoms with Gasteiger partial charge in [-0.3, -0.25) is 0 Å². The average molecular weight is 249 g/mol. The summed E-state index contributed by atoms with van der Waals surface area (Å²) in [5, 5.41) is 3.37. The van der Waals surface area contributed by atoms with Gasteiger partial charge in [-0.15, -0.1) is 0 Å². The van der Waals surface area contributed by atoms with Crippen LogP contribution in [0, 0.1) is 11.8 Å². The van der Waals surface area contributed by atoms with Gasteiger partial charge in [0.15, 0.2) is 0 Å². The van der Waals surface area contributed by atoms with Crippen molar-refractivity contribution < 1.29 is 0 Å². The molecule has 102 valence electrons. The minimum Gasteiger partial charge on any atom is -0.370 e. The van der Waals surface area contributed by atoms with Crippen molar-refractivity contribution >= 4 is 5.82 Å². The molecule has 0 aromatic carbocycles. The number of rotatable bonds is 7. The second kappa shape index (κ2) is 7.34.